The highest BCUT2D eigenvalue weighted by molar-refractivity contribution is 7.25. The minimum absolute atomic E-state index is 0.639. The van der Waals surface area contributed by atoms with Gasteiger partial charge in [-0.15, -0.1) is 11.3 Å². The standard InChI is InChI=1S/C53H33N5S/c1-4-13-35(14-5-1)51-54-52(36-15-6-2-7-16-36)56-53(55-51)38-18-12-17-37(31-38)34-23-25-40(26-24-34)58-47-32-45-41-21-10-11-22-48(41)59-49(45)33-44(47)42-27-28-46-43(50(42)58)29-30-57(46)39-19-8-3-9-20-39/h1-33H. The van der Waals surface area contributed by atoms with Crippen molar-refractivity contribution < 1.29 is 0 Å². The molecule has 59 heavy (non-hydrogen) atoms. The van der Waals surface area contributed by atoms with Crippen LogP contribution in [-0.2, 0) is 0 Å². The zero-order valence-electron chi connectivity index (χ0n) is 31.7. The lowest BCUT2D eigenvalue weighted by Gasteiger charge is -2.12. The number of hydrogen-bond donors (Lipinski definition) is 0. The summed E-state index contributed by atoms with van der Waals surface area (Å²) in [6.07, 6.45) is 2.20. The Morgan fingerprint density at radius 3 is 1.69 bits per heavy atom. The monoisotopic (exact) mass is 771 g/mol. The molecule has 12 rings (SSSR count). The molecule has 0 fully saturated rings. The van der Waals surface area contributed by atoms with E-state index >= 15 is 0 Å². The van der Waals surface area contributed by atoms with Gasteiger partial charge in [0.25, 0.3) is 0 Å². The van der Waals surface area contributed by atoms with Crippen LogP contribution in [0.5, 0.6) is 0 Å². The average Bonchev–Trinajstić information content (AvgIpc) is 4.01. The molecule has 0 aliphatic rings. The van der Waals surface area contributed by atoms with Gasteiger partial charge in [0, 0.05) is 70.6 Å². The first-order chi connectivity index (χ1) is 29.2. The molecule has 0 bridgehead atoms. The molecule has 0 aliphatic heterocycles. The van der Waals surface area contributed by atoms with Crippen molar-refractivity contribution in [3.63, 3.8) is 0 Å². The van der Waals surface area contributed by atoms with E-state index in [1.807, 2.05) is 72.0 Å². The summed E-state index contributed by atoms with van der Waals surface area (Å²) >= 11 is 1.87. The smallest absolute Gasteiger partial charge is 0.164 e. The molecule has 0 saturated carbocycles. The first kappa shape index (κ1) is 33.5. The van der Waals surface area contributed by atoms with Crippen LogP contribution in [0.25, 0.3) is 110 Å². The Morgan fingerprint density at radius 1 is 0.339 bits per heavy atom. The van der Waals surface area contributed by atoms with Crippen LogP contribution in [0.1, 0.15) is 0 Å². The van der Waals surface area contributed by atoms with Gasteiger partial charge in [-0.25, -0.2) is 15.0 Å². The third-order valence-corrected chi connectivity index (χ3v) is 12.5. The Balaban J connectivity index is 1.01. The largest absolute Gasteiger partial charge is 0.316 e. The fraction of sp³-hybridized carbons (Fsp3) is 0. The first-order valence-corrected chi connectivity index (χ1v) is 20.6. The summed E-state index contributed by atoms with van der Waals surface area (Å²) < 4.78 is 7.37. The summed E-state index contributed by atoms with van der Waals surface area (Å²) in [4.78, 5) is 14.9. The van der Waals surface area contributed by atoms with Gasteiger partial charge < -0.3 is 9.13 Å². The van der Waals surface area contributed by atoms with Crippen LogP contribution in [0.4, 0.5) is 0 Å². The van der Waals surface area contributed by atoms with Gasteiger partial charge in [0.1, 0.15) is 0 Å². The summed E-state index contributed by atoms with van der Waals surface area (Å²) in [5.41, 5.74) is 10.9. The number of rotatable bonds is 6. The number of aromatic nitrogens is 5. The van der Waals surface area contributed by atoms with E-state index in [1.54, 1.807) is 0 Å². The van der Waals surface area contributed by atoms with Gasteiger partial charge >= 0.3 is 0 Å². The molecule has 0 saturated heterocycles. The highest BCUT2D eigenvalue weighted by Crippen LogP contribution is 2.43. The maximum absolute atomic E-state index is 5.00. The van der Waals surface area contributed by atoms with E-state index in [2.05, 4.69) is 149 Å². The molecular formula is C53H33N5S. The van der Waals surface area contributed by atoms with Gasteiger partial charge in [0.05, 0.1) is 16.6 Å². The fourth-order valence-corrected chi connectivity index (χ4v) is 9.73. The van der Waals surface area contributed by atoms with Crippen LogP contribution >= 0.6 is 11.3 Å². The van der Waals surface area contributed by atoms with Crippen molar-refractivity contribution in [3.8, 4) is 56.7 Å². The van der Waals surface area contributed by atoms with E-state index in [0.29, 0.717) is 17.5 Å². The predicted molar refractivity (Wildman–Crippen MR) is 246 cm³/mol. The number of thiophene rings is 1. The molecule has 4 heterocycles. The third kappa shape index (κ3) is 5.57. The number of benzene rings is 8. The number of para-hydroxylation sites is 1. The molecule has 0 radical (unpaired) electrons. The van der Waals surface area contributed by atoms with Crippen molar-refractivity contribution in [2.75, 3.05) is 0 Å². The van der Waals surface area contributed by atoms with Crippen LogP contribution in [0.15, 0.2) is 200 Å². The molecule has 0 N–H and O–H groups in total. The zero-order chi connectivity index (χ0) is 38.9. The number of nitrogens with zero attached hydrogens (tertiary/aromatic N) is 5. The Kier molecular flexibility index (Phi) is 7.64. The SMILES string of the molecule is c1ccc(-c2nc(-c3ccccc3)nc(-c3cccc(-c4ccc(-n5c6cc7c(cc6c6ccc8c(ccn8-c8ccccc8)c65)sc5ccccc57)cc4)c3)n2)cc1. The Bertz CT molecular complexity index is 3470. The molecule has 6 heteroatoms. The molecule has 0 atom stereocenters. The van der Waals surface area contributed by atoms with Gasteiger partial charge in [-0.1, -0.05) is 133 Å². The van der Waals surface area contributed by atoms with Gasteiger partial charge in [0.2, 0.25) is 0 Å². The molecular weight excluding hydrogens is 739 g/mol. The van der Waals surface area contributed by atoms with E-state index in [4.69, 9.17) is 15.0 Å². The first-order valence-electron chi connectivity index (χ1n) is 19.8. The van der Waals surface area contributed by atoms with Crippen molar-refractivity contribution in [2.45, 2.75) is 0 Å². The predicted octanol–water partition coefficient (Wildman–Crippen LogP) is 13.9. The maximum Gasteiger partial charge on any atom is 0.164 e. The van der Waals surface area contributed by atoms with E-state index < -0.39 is 0 Å². The quantitative estimate of drug-likeness (QED) is 0.169. The minimum atomic E-state index is 0.639. The van der Waals surface area contributed by atoms with Crippen LogP contribution < -0.4 is 0 Å². The van der Waals surface area contributed by atoms with Gasteiger partial charge in [0.15, 0.2) is 17.5 Å². The fourth-order valence-electron chi connectivity index (χ4n) is 8.60. The Labute approximate surface area is 343 Å². The molecule has 276 valence electrons. The van der Waals surface area contributed by atoms with Crippen molar-refractivity contribution in [1.29, 1.82) is 0 Å². The third-order valence-electron chi connectivity index (χ3n) is 11.4. The summed E-state index contributed by atoms with van der Waals surface area (Å²) in [7, 11) is 0. The van der Waals surface area contributed by atoms with E-state index in [9.17, 15) is 0 Å². The lowest BCUT2D eigenvalue weighted by molar-refractivity contribution is 1.07. The van der Waals surface area contributed by atoms with Crippen molar-refractivity contribution in [1.82, 2.24) is 24.1 Å². The summed E-state index contributed by atoms with van der Waals surface area (Å²) in [6.45, 7) is 0. The zero-order valence-corrected chi connectivity index (χ0v) is 32.5. The van der Waals surface area contributed by atoms with Crippen LogP contribution in [-0.4, -0.2) is 24.1 Å². The van der Waals surface area contributed by atoms with Crippen LogP contribution in [0.3, 0.4) is 0 Å². The topological polar surface area (TPSA) is 48.5 Å². The lowest BCUT2D eigenvalue weighted by atomic mass is 10.0. The Morgan fingerprint density at radius 2 is 0.966 bits per heavy atom. The summed E-state index contributed by atoms with van der Waals surface area (Å²) in [5, 5.41) is 6.31. The van der Waals surface area contributed by atoms with E-state index in [0.717, 1.165) is 39.2 Å². The second kappa shape index (κ2) is 13.5. The molecule has 0 amide bonds. The Hall–Kier alpha value is -7.67. The average molecular weight is 772 g/mol. The van der Waals surface area contributed by atoms with E-state index in [1.165, 1.54) is 52.9 Å². The molecule has 0 spiro atoms. The lowest BCUT2D eigenvalue weighted by Crippen LogP contribution is -2.00. The number of fused-ring (bicyclic) bond motifs is 8. The van der Waals surface area contributed by atoms with Gasteiger partial charge in [-0.3, -0.25) is 0 Å². The van der Waals surface area contributed by atoms with Gasteiger partial charge in [-0.2, -0.15) is 0 Å². The molecule has 0 aliphatic carbocycles. The normalized spacial score (nSPS) is 11.7. The van der Waals surface area contributed by atoms with Crippen LogP contribution in [0.2, 0.25) is 0 Å². The molecule has 8 aromatic carbocycles. The van der Waals surface area contributed by atoms with Crippen molar-refractivity contribution in [2.24, 2.45) is 0 Å². The minimum Gasteiger partial charge on any atom is -0.316 e. The van der Waals surface area contributed by atoms with Crippen LogP contribution in [0, 0.1) is 0 Å². The number of hydrogen-bond acceptors (Lipinski definition) is 4. The molecule has 12 aromatic rings. The highest BCUT2D eigenvalue weighted by atomic mass is 32.1. The summed E-state index contributed by atoms with van der Waals surface area (Å²) in [6, 6.07) is 68.7. The second-order valence-corrected chi connectivity index (χ2v) is 16.0. The van der Waals surface area contributed by atoms with E-state index in [-0.39, 0.29) is 0 Å². The molecule has 5 nitrogen and oxygen atoms in total. The van der Waals surface area contributed by atoms with Crippen molar-refractivity contribution in [3.05, 3.63) is 200 Å². The molecule has 4 aromatic heterocycles. The highest BCUT2D eigenvalue weighted by Gasteiger charge is 2.20. The van der Waals surface area contributed by atoms with Crippen molar-refractivity contribution >= 4 is 64.2 Å². The summed E-state index contributed by atoms with van der Waals surface area (Å²) in [5.74, 6) is 1.94. The van der Waals surface area contributed by atoms with Gasteiger partial charge in [-0.05, 0) is 71.8 Å². The molecule has 0 unspecified atom stereocenters. The second-order valence-electron chi connectivity index (χ2n) is 14.9. The maximum atomic E-state index is 5.00.